The van der Waals surface area contributed by atoms with Gasteiger partial charge in [0.05, 0.1) is 0 Å². The Morgan fingerprint density at radius 2 is 2.23 bits per heavy atom. The molecular formula is C10H15NO2. The van der Waals surface area contributed by atoms with Crippen LogP contribution in [0.1, 0.15) is 19.8 Å². The van der Waals surface area contributed by atoms with Crippen molar-refractivity contribution in [3.63, 3.8) is 0 Å². The van der Waals surface area contributed by atoms with Crippen molar-refractivity contribution in [3.05, 3.63) is 12.7 Å². The molecule has 0 saturated carbocycles. The van der Waals surface area contributed by atoms with Gasteiger partial charge in [0.15, 0.2) is 5.78 Å². The van der Waals surface area contributed by atoms with Crippen molar-refractivity contribution >= 4 is 11.7 Å². The highest BCUT2D eigenvalue weighted by atomic mass is 16.2. The van der Waals surface area contributed by atoms with E-state index in [9.17, 15) is 9.59 Å². The molecule has 3 nitrogen and oxygen atoms in total. The first-order valence-electron chi connectivity index (χ1n) is 4.51. The van der Waals surface area contributed by atoms with Gasteiger partial charge < -0.3 is 4.90 Å². The average molecular weight is 181 g/mol. The monoisotopic (exact) mass is 181 g/mol. The molecule has 0 bridgehead atoms. The summed E-state index contributed by atoms with van der Waals surface area (Å²) >= 11 is 0. The van der Waals surface area contributed by atoms with E-state index in [0.29, 0.717) is 6.42 Å². The summed E-state index contributed by atoms with van der Waals surface area (Å²) in [5.41, 5.74) is 0. The maximum absolute atomic E-state index is 11.6. The van der Waals surface area contributed by atoms with Crippen LogP contribution in [0.15, 0.2) is 12.7 Å². The van der Waals surface area contributed by atoms with E-state index in [4.69, 9.17) is 0 Å². The van der Waals surface area contributed by atoms with E-state index in [1.807, 2.05) is 6.92 Å². The number of hydrogen-bond donors (Lipinski definition) is 0. The maximum Gasteiger partial charge on any atom is 0.233 e. The molecule has 1 rings (SSSR count). The standard InChI is InChI=1S/C10H15NO2/c1-4-9(12)8-6-5-7(2)11(3)10(8)13/h4,7-8H,1,5-6H2,2-3H3. The SMILES string of the molecule is C=CC(=O)C1CCC(C)N(C)C1=O. The van der Waals surface area contributed by atoms with Crippen molar-refractivity contribution in [1.82, 2.24) is 4.90 Å². The molecule has 0 aromatic rings. The normalized spacial score (nSPS) is 28.8. The maximum atomic E-state index is 11.6. The summed E-state index contributed by atoms with van der Waals surface area (Å²) in [4.78, 5) is 24.5. The van der Waals surface area contributed by atoms with Gasteiger partial charge in [-0.2, -0.15) is 0 Å². The quantitative estimate of drug-likeness (QED) is 0.470. The Bertz CT molecular complexity index is 247. The molecule has 0 aromatic carbocycles. The van der Waals surface area contributed by atoms with Crippen LogP contribution in [0.3, 0.4) is 0 Å². The van der Waals surface area contributed by atoms with Gasteiger partial charge in [-0.1, -0.05) is 6.58 Å². The van der Waals surface area contributed by atoms with Crippen LogP contribution >= 0.6 is 0 Å². The first kappa shape index (κ1) is 9.96. The molecule has 0 spiro atoms. The second-order valence-corrected chi connectivity index (χ2v) is 3.53. The minimum Gasteiger partial charge on any atom is -0.342 e. The summed E-state index contributed by atoms with van der Waals surface area (Å²) in [5.74, 6) is -0.689. The zero-order valence-electron chi connectivity index (χ0n) is 8.12. The molecule has 1 aliphatic heterocycles. The lowest BCUT2D eigenvalue weighted by Gasteiger charge is -2.33. The number of allylic oxidation sites excluding steroid dienone is 1. The fourth-order valence-corrected chi connectivity index (χ4v) is 1.59. The van der Waals surface area contributed by atoms with Crippen LogP contribution in [0.4, 0.5) is 0 Å². The highest BCUT2D eigenvalue weighted by Gasteiger charge is 2.33. The largest absolute Gasteiger partial charge is 0.342 e. The highest BCUT2D eigenvalue weighted by Crippen LogP contribution is 2.22. The van der Waals surface area contributed by atoms with Gasteiger partial charge in [-0.3, -0.25) is 9.59 Å². The molecule has 1 heterocycles. The van der Waals surface area contributed by atoms with Crippen molar-refractivity contribution in [2.24, 2.45) is 5.92 Å². The third-order valence-electron chi connectivity index (χ3n) is 2.72. The van der Waals surface area contributed by atoms with Crippen LogP contribution in [0.25, 0.3) is 0 Å². The number of carbonyl (C=O) groups excluding carboxylic acids is 2. The molecule has 13 heavy (non-hydrogen) atoms. The minimum atomic E-state index is -0.473. The minimum absolute atomic E-state index is 0.0661. The number of amides is 1. The van der Waals surface area contributed by atoms with Gasteiger partial charge in [0.25, 0.3) is 0 Å². The summed E-state index contributed by atoms with van der Waals surface area (Å²) in [5, 5.41) is 0. The lowest BCUT2D eigenvalue weighted by Crippen LogP contribution is -2.46. The number of nitrogens with zero attached hydrogens (tertiary/aromatic N) is 1. The molecule has 0 aromatic heterocycles. The van der Waals surface area contributed by atoms with Gasteiger partial charge in [-0.05, 0) is 25.8 Å². The summed E-state index contributed by atoms with van der Waals surface area (Å²) in [6.07, 6.45) is 2.80. The van der Waals surface area contributed by atoms with Crippen LogP contribution < -0.4 is 0 Å². The third-order valence-corrected chi connectivity index (χ3v) is 2.72. The van der Waals surface area contributed by atoms with Gasteiger partial charge in [0.1, 0.15) is 5.92 Å². The summed E-state index contributed by atoms with van der Waals surface area (Å²) in [7, 11) is 1.75. The van der Waals surface area contributed by atoms with Crippen molar-refractivity contribution in [2.75, 3.05) is 7.05 Å². The van der Waals surface area contributed by atoms with Gasteiger partial charge in [0, 0.05) is 13.1 Å². The van der Waals surface area contributed by atoms with E-state index in [1.54, 1.807) is 11.9 Å². The Morgan fingerprint density at radius 3 is 2.77 bits per heavy atom. The van der Waals surface area contributed by atoms with Crippen LogP contribution in [-0.2, 0) is 9.59 Å². The average Bonchev–Trinajstić information content (AvgIpc) is 2.13. The van der Waals surface area contributed by atoms with E-state index < -0.39 is 5.92 Å². The third kappa shape index (κ3) is 1.79. The van der Waals surface area contributed by atoms with Crippen molar-refractivity contribution in [1.29, 1.82) is 0 Å². The van der Waals surface area contributed by atoms with Crippen LogP contribution in [-0.4, -0.2) is 29.7 Å². The molecule has 0 aliphatic carbocycles. The molecular weight excluding hydrogens is 166 g/mol. The second kappa shape index (κ2) is 3.73. The molecule has 1 fully saturated rings. The number of piperidine rings is 1. The second-order valence-electron chi connectivity index (χ2n) is 3.53. The van der Waals surface area contributed by atoms with Crippen LogP contribution in [0.5, 0.6) is 0 Å². The fraction of sp³-hybridized carbons (Fsp3) is 0.600. The molecule has 72 valence electrons. The van der Waals surface area contributed by atoms with Crippen LogP contribution in [0.2, 0.25) is 0 Å². The first-order chi connectivity index (χ1) is 6.07. The Kier molecular flexibility index (Phi) is 2.86. The number of likely N-dealkylation sites (tertiary alicyclic amines) is 1. The topological polar surface area (TPSA) is 37.4 Å². The number of carbonyl (C=O) groups is 2. The van der Waals surface area contributed by atoms with E-state index in [0.717, 1.165) is 6.42 Å². The smallest absolute Gasteiger partial charge is 0.233 e. The number of hydrogen-bond acceptors (Lipinski definition) is 2. The molecule has 0 radical (unpaired) electrons. The van der Waals surface area contributed by atoms with Gasteiger partial charge >= 0.3 is 0 Å². The molecule has 0 N–H and O–H groups in total. The van der Waals surface area contributed by atoms with E-state index in [2.05, 4.69) is 6.58 Å². The summed E-state index contributed by atoms with van der Waals surface area (Å²) in [6, 6.07) is 0.251. The molecule has 1 saturated heterocycles. The first-order valence-corrected chi connectivity index (χ1v) is 4.51. The van der Waals surface area contributed by atoms with E-state index >= 15 is 0 Å². The number of ketones is 1. The molecule has 3 heteroatoms. The predicted molar refractivity (Wildman–Crippen MR) is 50.2 cm³/mol. The summed E-state index contributed by atoms with van der Waals surface area (Å²) in [6.45, 7) is 5.39. The lowest BCUT2D eigenvalue weighted by molar-refractivity contribution is -0.143. The number of rotatable bonds is 2. The Hall–Kier alpha value is -1.12. The van der Waals surface area contributed by atoms with E-state index in [-0.39, 0.29) is 17.7 Å². The van der Waals surface area contributed by atoms with Gasteiger partial charge in [0.2, 0.25) is 5.91 Å². The summed E-state index contributed by atoms with van der Waals surface area (Å²) < 4.78 is 0. The Morgan fingerprint density at radius 1 is 1.62 bits per heavy atom. The molecule has 2 atom stereocenters. The van der Waals surface area contributed by atoms with Crippen molar-refractivity contribution in [2.45, 2.75) is 25.8 Å². The fourth-order valence-electron chi connectivity index (χ4n) is 1.59. The van der Waals surface area contributed by atoms with Crippen molar-refractivity contribution in [3.8, 4) is 0 Å². The van der Waals surface area contributed by atoms with Gasteiger partial charge in [-0.15, -0.1) is 0 Å². The van der Waals surface area contributed by atoms with Gasteiger partial charge in [-0.25, -0.2) is 0 Å². The molecule has 1 amide bonds. The lowest BCUT2D eigenvalue weighted by atomic mass is 9.90. The zero-order valence-corrected chi connectivity index (χ0v) is 8.12. The molecule has 2 unspecified atom stereocenters. The Balaban J connectivity index is 2.75. The van der Waals surface area contributed by atoms with E-state index in [1.165, 1.54) is 6.08 Å². The Labute approximate surface area is 78.4 Å². The van der Waals surface area contributed by atoms with Crippen molar-refractivity contribution < 1.29 is 9.59 Å². The zero-order chi connectivity index (χ0) is 10.0. The van der Waals surface area contributed by atoms with Crippen LogP contribution in [0, 0.1) is 5.92 Å². The predicted octanol–water partition coefficient (Wildman–Crippen LogP) is 0.998. The highest BCUT2D eigenvalue weighted by molar-refractivity contribution is 6.06. The molecule has 1 aliphatic rings.